The molecule has 0 aliphatic carbocycles. The predicted octanol–water partition coefficient (Wildman–Crippen LogP) is 2.75. The zero-order chi connectivity index (χ0) is 13.8. The van der Waals surface area contributed by atoms with Crippen LogP contribution >= 0.6 is 11.3 Å². The second kappa shape index (κ2) is 5.99. The molecule has 0 saturated carbocycles. The summed E-state index contributed by atoms with van der Waals surface area (Å²) in [4.78, 5) is 14.0. The van der Waals surface area contributed by atoms with Gasteiger partial charge >= 0.3 is 0 Å². The maximum Gasteiger partial charge on any atom is 0.249 e. The first kappa shape index (κ1) is 13.8. The molecule has 1 amide bonds. The molecular weight excluding hydrogens is 256 g/mol. The molecule has 2 rings (SSSR count). The molecule has 0 radical (unpaired) electrons. The summed E-state index contributed by atoms with van der Waals surface area (Å²) in [5.41, 5.74) is 8.22. The van der Waals surface area contributed by atoms with Gasteiger partial charge in [0.2, 0.25) is 5.91 Å². The Bertz CT molecular complexity index is 570. The number of nitrogens with two attached hydrogens (primary N) is 1. The first-order valence-corrected chi connectivity index (χ1v) is 7.04. The monoisotopic (exact) mass is 274 g/mol. The zero-order valence-electron chi connectivity index (χ0n) is 11.2. The van der Waals surface area contributed by atoms with E-state index < -0.39 is 0 Å². The average molecular weight is 274 g/mol. The number of aryl methyl sites for hydroxylation is 2. The van der Waals surface area contributed by atoms with Crippen molar-refractivity contribution in [2.45, 2.75) is 26.9 Å². The SMILES string of the molecule is Cc1cc(CNCc2ccccc2C(N)=O)sc1C. The van der Waals surface area contributed by atoms with E-state index in [1.807, 2.05) is 18.2 Å². The highest BCUT2D eigenvalue weighted by Gasteiger charge is 2.07. The quantitative estimate of drug-likeness (QED) is 0.881. The number of carbonyl (C=O) groups excluding carboxylic acids is 1. The van der Waals surface area contributed by atoms with E-state index in [0.29, 0.717) is 12.1 Å². The van der Waals surface area contributed by atoms with Crippen LogP contribution in [0.25, 0.3) is 0 Å². The van der Waals surface area contributed by atoms with Crippen LogP contribution in [0.5, 0.6) is 0 Å². The van der Waals surface area contributed by atoms with Gasteiger partial charge in [-0.25, -0.2) is 0 Å². The van der Waals surface area contributed by atoms with Crippen LogP contribution in [-0.2, 0) is 13.1 Å². The first-order valence-electron chi connectivity index (χ1n) is 6.22. The molecule has 0 aliphatic rings. The summed E-state index contributed by atoms with van der Waals surface area (Å²) in [6.45, 7) is 5.71. The third-order valence-electron chi connectivity index (χ3n) is 3.11. The Hall–Kier alpha value is -1.65. The molecule has 0 unspecified atom stereocenters. The van der Waals surface area contributed by atoms with Crippen LogP contribution in [0.1, 0.15) is 31.2 Å². The van der Waals surface area contributed by atoms with E-state index in [0.717, 1.165) is 12.1 Å². The molecule has 0 saturated heterocycles. The number of hydrogen-bond acceptors (Lipinski definition) is 3. The molecule has 3 N–H and O–H groups in total. The van der Waals surface area contributed by atoms with Gasteiger partial charge in [-0.3, -0.25) is 4.79 Å². The van der Waals surface area contributed by atoms with Crippen molar-refractivity contribution in [2.24, 2.45) is 5.73 Å². The Kier molecular flexibility index (Phi) is 4.35. The van der Waals surface area contributed by atoms with E-state index in [4.69, 9.17) is 5.73 Å². The van der Waals surface area contributed by atoms with Gasteiger partial charge in [-0.15, -0.1) is 11.3 Å². The summed E-state index contributed by atoms with van der Waals surface area (Å²) in [6, 6.07) is 9.64. The minimum Gasteiger partial charge on any atom is -0.366 e. The Morgan fingerprint density at radius 2 is 2.00 bits per heavy atom. The molecule has 0 bridgehead atoms. The standard InChI is InChI=1S/C15H18N2OS/c1-10-7-13(19-11(10)2)9-17-8-12-5-3-4-6-14(12)15(16)18/h3-7,17H,8-9H2,1-2H3,(H2,16,18). The molecule has 2 aromatic rings. The van der Waals surface area contributed by atoms with Crippen LogP contribution in [0.2, 0.25) is 0 Å². The van der Waals surface area contributed by atoms with Gasteiger partial charge in [0, 0.05) is 28.4 Å². The molecular formula is C15H18N2OS. The average Bonchev–Trinajstić information content (AvgIpc) is 2.69. The Balaban J connectivity index is 1.98. The van der Waals surface area contributed by atoms with Gasteiger partial charge in [-0.05, 0) is 37.1 Å². The molecule has 100 valence electrons. The molecule has 1 aromatic heterocycles. The number of carbonyl (C=O) groups is 1. The first-order chi connectivity index (χ1) is 9.08. The largest absolute Gasteiger partial charge is 0.366 e. The Labute approximate surface area is 117 Å². The number of nitrogens with one attached hydrogen (secondary N) is 1. The van der Waals surface area contributed by atoms with Gasteiger partial charge in [0.05, 0.1) is 0 Å². The van der Waals surface area contributed by atoms with Gasteiger partial charge in [0.15, 0.2) is 0 Å². The maximum atomic E-state index is 11.3. The maximum absolute atomic E-state index is 11.3. The lowest BCUT2D eigenvalue weighted by Gasteiger charge is -2.07. The number of rotatable bonds is 5. The van der Waals surface area contributed by atoms with E-state index in [2.05, 4.69) is 25.2 Å². The van der Waals surface area contributed by atoms with Crippen LogP contribution in [0.3, 0.4) is 0 Å². The fourth-order valence-corrected chi connectivity index (χ4v) is 3.00. The van der Waals surface area contributed by atoms with E-state index in [1.165, 1.54) is 15.3 Å². The van der Waals surface area contributed by atoms with Gasteiger partial charge in [0.25, 0.3) is 0 Å². The molecule has 4 heteroatoms. The number of hydrogen-bond donors (Lipinski definition) is 2. The van der Waals surface area contributed by atoms with Crippen LogP contribution in [0, 0.1) is 13.8 Å². The summed E-state index contributed by atoms with van der Waals surface area (Å²) in [5.74, 6) is -0.375. The van der Waals surface area contributed by atoms with E-state index in [1.54, 1.807) is 17.4 Å². The molecule has 3 nitrogen and oxygen atoms in total. The lowest BCUT2D eigenvalue weighted by Crippen LogP contribution is -2.18. The topological polar surface area (TPSA) is 55.1 Å². The number of amides is 1. The summed E-state index contributed by atoms with van der Waals surface area (Å²) < 4.78 is 0. The molecule has 19 heavy (non-hydrogen) atoms. The van der Waals surface area contributed by atoms with E-state index >= 15 is 0 Å². The summed E-state index contributed by atoms with van der Waals surface area (Å²) in [6.07, 6.45) is 0. The van der Waals surface area contributed by atoms with Crippen molar-refractivity contribution in [2.75, 3.05) is 0 Å². The van der Waals surface area contributed by atoms with E-state index in [9.17, 15) is 4.79 Å². The lowest BCUT2D eigenvalue weighted by molar-refractivity contribution is 0.0999. The van der Waals surface area contributed by atoms with Crippen molar-refractivity contribution in [3.05, 3.63) is 56.8 Å². The number of thiophene rings is 1. The van der Waals surface area contributed by atoms with Gasteiger partial charge in [-0.1, -0.05) is 18.2 Å². The molecule has 0 aliphatic heterocycles. The van der Waals surface area contributed by atoms with Crippen molar-refractivity contribution in [3.8, 4) is 0 Å². The second-order valence-corrected chi connectivity index (χ2v) is 5.92. The Morgan fingerprint density at radius 3 is 2.63 bits per heavy atom. The molecule has 0 spiro atoms. The molecule has 0 fully saturated rings. The molecule has 1 heterocycles. The fraction of sp³-hybridized carbons (Fsp3) is 0.267. The van der Waals surface area contributed by atoms with Crippen molar-refractivity contribution < 1.29 is 4.79 Å². The summed E-state index contributed by atoms with van der Waals surface area (Å²) in [7, 11) is 0. The highest BCUT2D eigenvalue weighted by atomic mass is 32.1. The van der Waals surface area contributed by atoms with Gasteiger partial charge in [-0.2, -0.15) is 0 Å². The van der Waals surface area contributed by atoms with Crippen LogP contribution in [0.15, 0.2) is 30.3 Å². The van der Waals surface area contributed by atoms with Gasteiger partial charge < -0.3 is 11.1 Å². The highest BCUT2D eigenvalue weighted by Crippen LogP contribution is 2.20. The minimum absolute atomic E-state index is 0.375. The second-order valence-electron chi connectivity index (χ2n) is 4.58. The highest BCUT2D eigenvalue weighted by molar-refractivity contribution is 7.12. The van der Waals surface area contributed by atoms with Crippen LogP contribution in [0.4, 0.5) is 0 Å². The van der Waals surface area contributed by atoms with Crippen molar-refractivity contribution in [1.29, 1.82) is 0 Å². The van der Waals surface area contributed by atoms with Crippen molar-refractivity contribution in [3.63, 3.8) is 0 Å². The smallest absolute Gasteiger partial charge is 0.249 e. The third-order valence-corrected chi connectivity index (χ3v) is 4.27. The molecule has 1 aromatic carbocycles. The van der Waals surface area contributed by atoms with Gasteiger partial charge in [0.1, 0.15) is 0 Å². The fourth-order valence-electron chi connectivity index (χ4n) is 1.97. The minimum atomic E-state index is -0.375. The number of benzene rings is 1. The predicted molar refractivity (Wildman–Crippen MR) is 79.3 cm³/mol. The summed E-state index contributed by atoms with van der Waals surface area (Å²) in [5, 5.41) is 3.36. The van der Waals surface area contributed by atoms with Crippen LogP contribution < -0.4 is 11.1 Å². The lowest BCUT2D eigenvalue weighted by atomic mass is 10.1. The van der Waals surface area contributed by atoms with E-state index in [-0.39, 0.29) is 5.91 Å². The van der Waals surface area contributed by atoms with Crippen molar-refractivity contribution in [1.82, 2.24) is 5.32 Å². The van der Waals surface area contributed by atoms with Crippen molar-refractivity contribution >= 4 is 17.2 Å². The number of primary amides is 1. The Morgan fingerprint density at radius 1 is 1.26 bits per heavy atom. The third kappa shape index (κ3) is 3.43. The zero-order valence-corrected chi connectivity index (χ0v) is 12.0. The normalized spacial score (nSPS) is 10.6. The summed E-state index contributed by atoms with van der Waals surface area (Å²) >= 11 is 1.81. The molecule has 0 atom stereocenters. The van der Waals surface area contributed by atoms with Crippen LogP contribution in [-0.4, -0.2) is 5.91 Å².